The Morgan fingerprint density at radius 3 is 2.49 bits per heavy atom. The summed E-state index contributed by atoms with van der Waals surface area (Å²) in [4.78, 5) is 40.5. The van der Waals surface area contributed by atoms with Gasteiger partial charge in [0.25, 0.3) is 5.91 Å². The van der Waals surface area contributed by atoms with Gasteiger partial charge >= 0.3 is 11.9 Å². The third-order valence-electron chi connectivity index (χ3n) is 6.39. The van der Waals surface area contributed by atoms with Gasteiger partial charge in [0, 0.05) is 36.6 Å². The Bertz CT molecular complexity index is 1260. The maximum absolute atomic E-state index is 13.7. The van der Waals surface area contributed by atoms with Crippen LogP contribution in [0, 0.1) is 5.92 Å². The van der Waals surface area contributed by atoms with Gasteiger partial charge in [-0.2, -0.15) is 5.10 Å². The largest absolute Gasteiger partial charge is 0.393 e. The van der Waals surface area contributed by atoms with Crippen LogP contribution in [0.5, 0.6) is 0 Å². The molecule has 0 radical (unpaired) electrons. The summed E-state index contributed by atoms with van der Waals surface area (Å²) in [5.74, 6) is -1.60. The number of hydrogen-bond acceptors (Lipinski definition) is 8. The van der Waals surface area contributed by atoms with E-state index in [1.165, 1.54) is 0 Å². The van der Waals surface area contributed by atoms with Crippen molar-refractivity contribution in [2.24, 2.45) is 5.92 Å². The molecule has 2 aliphatic heterocycles. The number of hydrogen-bond donors (Lipinski definition) is 2. The molecule has 2 aromatic carbocycles. The highest BCUT2D eigenvalue weighted by atomic mass is 16.6. The normalized spacial score (nSPS) is 17.0. The van der Waals surface area contributed by atoms with E-state index in [0.29, 0.717) is 30.9 Å². The van der Waals surface area contributed by atoms with Gasteiger partial charge in [-0.05, 0) is 37.2 Å². The van der Waals surface area contributed by atoms with Gasteiger partial charge in [0.1, 0.15) is 12.4 Å². The number of nitrogens with zero attached hydrogens (tertiary/aromatic N) is 4. The highest BCUT2D eigenvalue weighted by molar-refractivity contribution is 6.05. The molecule has 190 valence electrons. The van der Waals surface area contributed by atoms with E-state index >= 15 is 0 Å². The number of amides is 1. The van der Waals surface area contributed by atoms with E-state index in [4.69, 9.17) is 4.74 Å². The summed E-state index contributed by atoms with van der Waals surface area (Å²) >= 11 is 0. The lowest BCUT2D eigenvalue weighted by atomic mass is 10.1. The molecule has 10 nitrogen and oxygen atoms in total. The first kappa shape index (κ1) is 24.3. The fourth-order valence-electron chi connectivity index (χ4n) is 4.45. The quantitative estimate of drug-likeness (QED) is 0.359. The average Bonchev–Trinajstić information content (AvgIpc) is 3.72. The van der Waals surface area contributed by atoms with Crippen molar-refractivity contribution in [2.75, 3.05) is 29.7 Å². The van der Waals surface area contributed by atoms with Gasteiger partial charge in [-0.15, -0.1) is 0 Å². The smallest absolute Gasteiger partial charge is 0.317 e. The van der Waals surface area contributed by atoms with Crippen molar-refractivity contribution < 1.29 is 19.1 Å². The fourth-order valence-corrected chi connectivity index (χ4v) is 4.45. The van der Waals surface area contributed by atoms with Crippen LogP contribution in [-0.2, 0) is 14.3 Å². The van der Waals surface area contributed by atoms with Gasteiger partial charge in [-0.1, -0.05) is 36.4 Å². The Hall–Kier alpha value is -4.44. The van der Waals surface area contributed by atoms with Crippen LogP contribution >= 0.6 is 0 Å². The van der Waals surface area contributed by atoms with Gasteiger partial charge in [0.05, 0.1) is 24.2 Å². The minimum atomic E-state index is -0.583. The molecule has 1 amide bonds. The van der Waals surface area contributed by atoms with E-state index in [9.17, 15) is 14.4 Å². The van der Waals surface area contributed by atoms with Crippen LogP contribution in [0.1, 0.15) is 29.6 Å². The van der Waals surface area contributed by atoms with Crippen molar-refractivity contribution >= 4 is 29.2 Å². The zero-order valence-electron chi connectivity index (χ0n) is 20.2. The third kappa shape index (κ3) is 5.54. The van der Waals surface area contributed by atoms with Gasteiger partial charge in [0.2, 0.25) is 0 Å². The third-order valence-corrected chi connectivity index (χ3v) is 6.39. The Labute approximate surface area is 214 Å². The first-order chi connectivity index (χ1) is 18.1. The Kier molecular flexibility index (Phi) is 7.27. The standard InChI is InChI=1S/C27H28N6O4/c34-25(37-27(36)21-13-14-28-15-21)12-11-23-18-31(22-9-5-2-6-10-22)19-32(23)33(24-16-29-30-17-24)26(35)20-7-3-1-4-8-20/h1-10,16-18,21,28H,11-15,19H2,(H,29,30)/t21-/m0/s1. The Morgan fingerprint density at radius 2 is 1.81 bits per heavy atom. The summed E-state index contributed by atoms with van der Waals surface area (Å²) < 4.78 is 5.12. The molecule has 0 aliphatic carbocycles. The van der Waals surface area contributed by atoms with Crippen LogP contribution < -0.4 is 15.2 Å². The molecule has 0 bridgehead atoms. The maximum atomic E-state index is 13.7. The number of allylic oxidation sites excluding steroid dienone is 1. The molecule has 3 aromatic rings. The number of H-pyrrole nitrogens is 1. The molecular weight excluding hydrogens is 472 g/mol. The molecule has 1 aromatic heterocycles. The number of para-hydroxylation sites is 1. The van der Waals surface area contributed by atoms with Crippen LogP contribution in [0.25, 0.3) is 0 Å². The number of ether oxygens (including phenoxy) is 1. The number of anilines is 2. The highest BCUT2D eigenvalue weighted by Crippen LogP contribution is 2.31. The molecule has 5 rings (SSSR count). The van der Waals surface area contributed by atoms with Crippen molar-refractivity contribution in [1.82, 2.24) is 20.5 Å². The minimum absolute atomic E-state index is 0.00436. The zero-order chi connectivity index (χ0) is 25.6. The predicted molar refractivity (Wildman–Crippen MR) is 137 cm³/mol. The highest BCUT2D eigenvalue weighted by Gasteiger charge is 2.33. The van der Waals surface area contributed by atoms with E-state index in [0.717, 1.165) is 17.9 Å². The van der Waals surface area contributed by atoms with Crippen molar-refractivity contribution in [2.45, 2.75) is 19.3 Å². The molecule has 0 saturated carbocycles. The number of carbonyl (C=O) groups excluding carboxylic acids is 3. The van der Waals surface area contributed by atoms with Crippen molar-refractivity contribution in [3.63, 3.8) is 0 Å². The number of hydrazine groups is 1. The molecular formula is C27H28N6O4. The molecule has 1 fully saturated rings. The summed E-state index contributed by atoms with van der Waals surface area (Å²) in [5.41, 5.74) is 2.73. The lowest BCUT2D eigenvalue weighted by Crippen LogP contribution is -2.47. The lowest BCUT2D eigenvalue weighted by Gasteiger charge is -2.34. The summed E-state index contributed by atoms with van der Waals surface area (Å²) in [6, 6.07) is 18.7. The predicted octanol–water partition coefficient (Wildman–Crippen LogP) is 3.05. The zero-order valence-corrected chi connectivity index (χ0v) is 20.2. The number of carbonyl (C=O) groups is 3. The second-order valence-corrected chi connectivity index (χ2v) is 8.89. The van der Waals surface area contributed by atoms with Crippen LogP contribution in [0.4, 0.5) is 11.4 Å². The van der Waals surface area contributed by atoms with Crippen LogP contribution in [0.2, 0.25) is 0 Å². The molecule has 1 saturated heterocycles. The topological polar surface area (TPSA) is 111 Å². The molecule has 0 unspecified atom stereocenters. The first-order valence-electron chi connectivity index (χ1n) is 12.2. The maximum Gasteiger partial charge on any atom is 0.317 e. The Morgan fingerprint density at radius 1 is 1.05 bits per heavy atom. The monoisotopic (exact) mass is 500 g/mol. The molecule has 37 heavy (non-hydrogen) atoms. The molecule has 1 atom stereocenters. The number of rotatable bonds is 8. The number of benzene rings is 2. The second-order valence-electron chi connectivity index (χ2n) is 8.89. The SMILES string of the molecule is O=C(CCC1=CN(c2ccccc2)CN1N(C(=O)c1ccccc1)c1cn[nH]c1)OC(=O)[C@H]1CCNC1. The summed E-state index contributed by atoms with van der Waals surface area (Å²) in [6.45, 7) is 1.60. The lowest BCUT2D eigenvalue weighted by molar-refractivity contribution is -0.162. The molecule has 0 spiro atoms. The van der Waals surface area contributed by atoms with Crippen molar-refractivity contribution in [3.8, 4) is 0 Å². The summed E-state index contributed by atoms with van der Waals surface area (Å²) in [6.07, 6.45) is 6.07. The van der Waals surface area contributed by atoms with E-state index in [2.05, 4.69) is 15.5 Å². The van der Waals surface area contributed by atoms with Gasteiger partial charge < -0.3 is 15.0 Å². The fraction of sp³-hybridized carbons (Fsp3) is 0.259. The van der Waals surface area contributed by atoms with Gasteiger partial charge in [-0.25, -0.2) is 5.01 Å². The number of aromatic amines is 1. The molecule has 2 N–H and O–H groups in total. The van der Waals surface area contributed by atoms with E-state index in [1.54, 1.807) is 29.5 Å². The van der Waals surface area contributed by atoms with Gasteiger partial charge in [0.15, 0.2) is 0 Å². The minimum Gasteiger partial charge on any atom is -0.393 e. The van der Waals surface area contributed by atoms with Crippen molar-refractivity contribution in [3.05, 3.63) is 90.5 Å². The van der Waals surface area contributed by atoms with Crippen molar-refractivity contribution in [1.29, 1.82) is 0 Å². The van der Waals surface area contributed by atoms with E-state index in [-0.39, 0.29) is 24.7 Å². The average molecular weight is 501 g/mol. The number of esters is 2. The van der Waals surface area contributed by atoms with Crippen LogP contribution in [-0.4, -0.2) is 52.8 Å². The van der Waals surface area contributed by atoms with Crippen LogP contribution in [0.3, 0.4) is 0 Å². The molecule has 2 aliphatic rings. The van der Waals surface area contributed by atoms with Crippen LogP contribution in [0.15, 0.2) is 85.0 Å². The van der Waals surface area contributed by atoms with E-state index < -0.39 is 11.9 Å². The van der Waals surface area contributed by atoms with Gasteiger partial charge in [-0.3, -0.25) is 24.5 Å². The Balaban J connectivity index is 1.39. The summed E-state index contributed by atoms with van der Waals surface area (Å²) in [7, 11) is 0. The number of aromatic nitrogens is 2. The summed E-state index contributed by atoms with van der Waals surface area (Å²) in [5, 5.41) is 13.3. The van der Waals surface area contributed by atoms with E-state index in [1.807, 2.05) is 64.6 Å². The molecule has 3 heterocycles. The molecule has 10 heteroatoms. The first-order valence-corrected chi connectivity index (χ1v) is 12.2. The number of nitrogens with one attached hydrogen (secondary N) is 2. The second kappa shape index (κ2) is 11.1.